The van der Waals surface area contributed by atoms with E-state index in [0.29, 0.717) is 12.0 Å². The standard InChI is InChI=1S/C13H21NOS/c1-3-11-5-6-12(16-11)13-10(7-8-15-13)9-14-4-2/h5-6,10,13-14H,3-4,7-9H2,1-2H3. The largest absolute Gasteiger partial charge is 0.372 e. The zero-order chi connectivity index (χ0) is 11.4. The molecule has 90 valence electrons. The molecule has 0 aromatic carbocycles. The van der Waals surface area contributed by atoms with E-state index >= 15 is 0 Å². The van der Waals surface area contributed by atoms with Crippen LogP contribution in [0.25, 0.3) is 0 Å². The van der Waals surface area contributed by atoms with Gasteiger partial charge >= 0.3 is 0 Å². The number of rotatable bonds is 5. The van der Waals surface area contributed by atoms with Crippen molar-refractivity contribution in [3.8, 4) is 0 Å². The molecule has 3 heteroatoms. The van der Waals surface area contributed by atoms with Crippen molar-refractivity contribution in [2.45, 2.75) is 32.8 Å². The van der Waals surface area contributed by atoms with E-state index in [1.807, 2.05) is 11.3 Å². The summed E-state index contributed by atoms with van der Waals surface area (Å²) in [6.07, 6.45) is 2.66. The van der Waals surface area contributed by atoms with Gasteiger partial charge < -0.3 is 10.1 Å². The van der Waals surface area contributed by atoms with E-state index in [1.165, 1.54) is 16.2 Å². The van der Waals surface area contributed by atoms with Crippen LogP contribution in [0.5, 0.6) is 0 Å². The number of thiophene rings is 1. The van der Waals surface area contributed by atoms with Crippen LogP contribution in [0.3, 0.4) is 0 Å². The average Bonchev–Trinajstić information content (AvgIpc) is 2.94. The van der Waals surface area contributed by atoms with Crippen molar-refractivity contribution in [2.75, 3.05) is 19.7 Å². The molecule has 2 unspecified atom stereocenters. The van der Waals surface area contributed by atoms with Gasteiger partial charge in [-0.2, -0.15) is 0 Å². The van der Waals surface area contributed by atoms with Crippen LogP contribution in [0.15, 0.2) is 12.1 Å². The molecule has 16 heavy (non-hydrogen) atoms. The third-order valence-corrected chi connectivity index (χ3v) is 4.47. The molecule has 1 aliphatic heterocycles. The minimum atomic E-state index is 0.337. The molecule has 2 atom stereocenters. The summed E-state index contributed by atoms with van der Waals surface area (Å²) in [6, 6.07) is 4.49. The SMILES string of the molecule is CCNCC1CCOC1c1ccc(CC)s1. The second-order valence-electron chi connectivity index (χ2n) is 4.31. The van der Waals surface area contributed by atoms with Gasteiger partial charge in [-0.3, -0.25) is 0 Å². The third-order valence-electron chi connectivity index (χ3n) is 3.18. The van der Waals surface area contributed by atoms with Gasteiger partial charge in [0.25, 0.3) is 0 Å². The van der Waals surface area contributed by atoms with Crippen LogP contribution < -0.4 is 5.32 Å². The molecule has 0 saturated carbocycles. The first kappa shape index (κ1) is 12.1. The molecule has 0 aliphatic carbocycles. The maximum atomic E-state index is 5.88. The van der Waals surface area contributed by atoms with E-state index in [2.05, 4.69) is 31.3 Å². The summed E-state index contributed by atoms with van der Waals surface area (Å²) >= 11 is 1.91. The van der Waals surface area contributed by atoms with Crippen LogP contribution in [0, 0.1) is 5.92 Å². The van der Waals surface area contributed by atoms with Crippen molar-refractivity contribution in [1.82, 2.24) is 5.32 Å². The molecule has 0 radical (unpaired) electrons. The summed E-state index contributed by atoms with van der Waals surface area (Å²) in [5, 5.41) is 3.44. The van der Waals surface area contributed by atoms with Crippen LogP contribution in [0.1, 0.15) is 36.1 Å². The molecule has 1 aromatic rings. The first-order chi connectivity index (χ1) is 7.85. The molecule has 2 rings (SSSR count). The second kappa shape index (κ2) is 5.80. The predicted molar refractivity (Wildman–Crippen MR) is 69.0 cm³/mol. The summed E-state index contributed by atoms with van der Waals surface area (Å²) in [5.74, 6) is 0.656. The monoisotopic (exact) mass is 239 g/mol. The molecule has 0 bridgehead atoms. The number of aryl methyl sites for hydroxylation is 1. The zero-order valence-corrected chi connectivity index (χ0v) is 11.0. The van der Waals surface area contributed by atoms with Gasteiger partial charge in [0, 0.05) is 28.8 Å². The summed E-state index contributed by atoms with van der Waals surface area (Å²) in [6.45, 7) is 7.42. The van der Waals surface area contributed by atoms with E-state index in [0.717, 1.165) is 26.1 Å². The Kier molecular flexibility index (Phi) is 4.38. The lowest BCUT2D eigenvalue weighted by Crippen LogP contribution is -2.24. The highest BCUT2D eigenvalue weighted by molar-refractivity contribution is 7.12. The second-order valence-corrected chi connectivity index (χ2v) is 5.51. The summed E-state index contributed by atoms with van der Waals surface area (Å²) < 4.78 is 5.88. The van der Waals surface area contributed by atoms with Gasteiger partial charge in [-0.15, -0.1) is 11.3 Å². The Morgan fingerprint density at radius 3 is 3.00 bits per heavy atom. The smallest absolute Gasteiger partial charge is 0.0957 e. The Labute approximate surface area is 102 Å². The van der Waals surface area contributed by atoms with E-state index in [4.69, 9.17) is 4.74 Å². The lowest BCUT2D eigenvalue weighted by atomic mass is 10.0. The maximum Gasteiger partial charge on any atom is 0.0957 e. The fourth-order valence-corrected chi connectivity index (χ4v) is 3.32. The average molecular weight is 239 g/mol. The molecule has 1 N–H and O–H groups in total. The van der Waals surface area contributed by atoms with Crippen molar-refractivity contribution in [3.05, 3.63) is 21.9 Å². The Hall–Kier alpha value is -0.380. The highest BCUT2D eigenvalue weighted by Crippen LogP contribution is 2.37. The fraction of sp³-hybridized carbons (Fsp3) is 0.692. The van der Waals surface area contributed by atoms with Gasteiger partial charge in [0.05, 0.1) is 6.10 Å². The van der Waals surface area contributed by atoms with Crippen LogP contribution in [-0.2, 0) is 11.2 Å². The number of hydrogen-bond donors (Lipinski definition) is 1. The minimum absolute atomic E-state index is 0.337. The van der Waals surface area contributed by atoms with Crippen molar-refractivity contribution in [2.24, 2.45) is 5.92 Å². The molecular weight excluding hydrogens is 218 g/mol. The molecule has 2 nitrogen and oxygen atoms in total. The van der Waals surface area contributed by atoms with Crippen LogP contribution in [0.2, 0.25) is 0 Å². The Morgan fingerprint density at radius 2 is 2.31 bits per heavy atom. The van der Waals surface area contributed by atoms with E-state index < -0.39 is 0 Å². The molecule has 1 aromatic heterocycles. The Bertz CT molecular complexity index is 323. The van der Waals surface area contributed by atoms with Gasteiger partial charge in [0.2, 0.25) is 0 Å². The number of nitrogens with one attached hydrogen (secondary N) is 1. The molecule has 2 heterocycles. The Morgan fingerprint density at radius 1 is 1.44 bits per heavy atom. The molecule has 1 fully saturated rings. The minimum Gasteiger partial charge on any atom is -0.372 e. The summed E-state index contributed by atoms with van der Waals surface area (Å²) in [5.41, 5.74) is 0. The number of hydrogen-bond acceptors (Lipinski definition) is 3. The Balaban J connectivity index is 2.01. The van der Waals surface area contributed by atoms with E-state index in [-0.39, 0.29) is 0 Å². The highest BCUT2D eigenvalue weighted by Gasteiger charge is 2.30. The van der Waals surface area contributed by atoms with Gasteiger partial charge in [0.15, 0.2) is 0 Å². The summed E-state index contributed by atoms with van der Waals surface area (Å²) in [7, 11) is 0. The normalized spacial score (nSPS) is 25.1. The van der Waals surface area contributed by atoms with Crippen LogP contribution >= 0.6 is 11.3 Å². The summed E-state index contributed by atoms with van der Waals surface area (Å²) in [4.78, 5) is 2.88. The first-order valence-electron chi connectivity index (χ1n) is 6.26. The van der Waals surface area contributed by atoms with E-state index in [1.54, 1.807) is 0 Å². The maximum absolute atomic E-state index is 5.88. The number of ether oxygens (including phenoxy) is 1. The molecule has 1 aliphatic rings. The van der Waals surface area contributed by atoms with Crippen LogP contribution in [0.4, 0.5) is 0 Å². The molecule has 1 saturated heterocycles. The van der Waals surface area contributed by atoms with Crippen molar-refractivity contribution >= 4 is 11.3 Å². The molecule has 0 amide bonds. The van der Waals surface area contributed by atoms with E-state index in [9.17, 15) is 0 Å². The topological polar surface area (TPSA) is 21.3 Å². The van der Waals surface area contributed by atoms with Crippen molar-refractivity contribution < 1.29 is 4.74 Å². The molecule has 0 spiro atoms. The van der Waals surface area contributed by atoms with Gasteiger partial charge in [0.1, 0.15) is 0 Å². The quantitative estimate of drug-likeness (QED) is 0.853. The van der Waals surface area contributed by atoms with Crippen molar-refractivity contribution in [3.63, 3.8) is 0 Å². The lowest BCUT2D eigenvalue weighted by molar-refractivity contribution is 0.0935. The highest BCUT2D eigenvalue weighted by atomic mass is 32.1. The van der Waals surface area contributed by atoms with Gasteiger partial charge in [-0.25, -0.2) is 0 Å². The van der Waals surface area contributed by atoms with Gasteiger partial charge in [-0.05, 0) is 31.5 Å². The first-order valence-corrected chi connectivity index (χ1v) is 7.07. The zero-order valence-electron chi connectivity index (χ0n) is 10.2. The predicted octanol–water partition coefficient (Wildman–Crippen LogP) is 3.00. The fourth-order valence-electron chi connectivity index (χ4n) is 2.22. The van der Waals surface area contributed by atoms with Gasteiger partial charge in [-0.1, -0.05) is 13.8 Å². The van der Waals surface area contributed by atoms with Crippen molar-refractivity contribution in [1.29, 1.82) is 0 Å². The molecular formula is C13H21NOS. The lowest BCUT2D eigenvalue weighted by Gasteiger charge is -2.17. The van der Waals surface area contributed by atoms with Crippen LogP contribution in [-0.4, -0.2) is 19.7 Å². The third kappa shape index (κ3) is 2.65.